The summed E-state index contributed by atoms with van der Waals surface area (Å²) in [5.41, 5.74) is 0. The van der Waals surface area contributed by atoms with Crippen LogP contribution >= 0.6 is 11.3 Å². The van der Waals surface area contributed by atoms with Gasteiger partial charge in [-0.15, -0.1) is 11.3 Å². The van der Waals surface area contributed by atoms with Crippen LogP contribution in [0.4, 0.5) is 0 Å². The second-order valence-corrected chi connectivity index (χ2v) is 9.90. The molecule has 0 saturated carbocycles. The number of nitrogens with zero attached hydrogens (tertiary/aromatic N) is 2. The predicted molar refractivity (Wildman–Crippen MR) is 94.5 cm³/mol. The molecule has 4 heterocycles. The molecular weight excluding hydrogens is 344 g/mol. The minimum absolute atomic E-state index is 0.0352. The van der Waals surface area contributed by atoms with E-state index in [0.29, 0.717) is 23.8 Å². The first-order valence-corrected chi connectivity index (χ1v) is 10.5. The van der Waals surface area contributed by atoms with E-state index in [1.165, 1.54) is 11.3 Å². The van der Waals surface area contributed by atoms with Crippen LogP contribution in [-0.2, 0) is 14.8 Å². The molecule has 2 atom stereocenters. The van der Waals surface area contributed by atoms with E-state index < -0.39 is 10.0 Å². The molecule has 24 heavy (non-hydrogen) atoms. The molecule has 5 rings (SSSR count). The Bertz CT molecular complexity index is 857. The van der Waals surface area contributed by atoms with Crippen LogP contribution in [0.1, 0.15) is 19.8 Å². The molecule has 1 aromatic carbocycles. The number of carbonyl (C=O) groups is 1. The van der Waals surface area contributed by atoms with Crippen LogP contribution in [0.3, 0.4) is 0 Å². The molecule has 1 aromatic heterocycles. The Morgan fingerprint density at radius 2 is 1.96 bits per heavy atom. The van der Waals surface area contributed by atoms with Crippen LogP contribution in [-0.4, -0.2) is 49.2 Å². The summed E-state index contributed by atoms with van der Waals surface area (Å²) in [5.74, 6) is 0.268. The topological polar surface area (TPSA) is 57.7 Å². The molecule has 3 fully saturated rings. The van der Waals surface area contributed by atoms with Gasteiger partial charge in [0, 0.05) is 37.3 Å². The minimum atomic E-state index is -3.51. The maximum Gasteiger partial charge on any atom is 0.252 e. The Balaban J connectivity index is 1.70. The fourth-order valence-corrected chi connectivity index (χ4v) is 7.04. The molecule has 1 amide bonds. The van der Waals surface area contributed by atoms with Crippen LogP contribution in [0.25, 0.3) is 10.1 Å². The zero-order chi connectivity index (χ0) is 16.9. The highest BCUT2D eigenvalue weighted by Gasteiger charge is 2.42. The summed E-state index contributed by atoms with van der Waals surface area (Å²) in [6.45, 7) is 3.26. The molecule has 0 radical (unpaired) electrons. The number of sulfonamides is 1. The Morgan fingerprint density at radius 1 is 1.17 bits per heavy atom. The number of hydrogen-bond donors (Lipinski definition) is 0. The Labute approximate surface area is 145 Å². The van der Waals surface area contributed by atoms with E-state index in [0.717, 1.165) is 22.9 Å². The fourth-order valence-electron chi connectivity index (χ4n) is 3.79. The SMILES string of the molecule is CC(=O)N1C[C@@H]2CC[C@H](C1)N(S(=O)(=O)c1cc3ccccc3s1)C2. The van der Waals surface area contributed by atoms with Crippen molar-refractivity contribution in [3.8, 4) is 0 Å². The summed E-state index contributed by atoms with van der Waals surface area (Å²) in [4.78, 5) is 13.6. The van der Waals surface area contributed by atoms with E-state index in [-0.39, 0.29) is 17.9 Å². The fraction of sp³-hybridized carbons (Fsp3) is 0.471. The highest BCUT2D eigenvalue weighted by atomic mass is 32.2. The molecule has 128 valence electrons. The van der Waals surface area contributed by atoms with E-state index in [1.807, 2.05) is 29.2 Å². The zero-order valence-electron chi connectivity index (χ0n) is 13.5. The number of hydrogen-bond acceptors (Lipinski definition) is 4. The van der Waals surface area contributed by atoms with E-state index in [2.05, 4.69) is 0 Å². The van der Waals surface area contributed by atoms with Crippen molar-refractivity contribution in [2.45, 2.75) is 30.0 Å². The van der Waals surface area contributed by atoms with Crippen LogP contribution in [0.15, 0.2) is 34.5 Å². The first-order chi connectivity index (χ1) is 11.4. The Hall–Kier alpha value is -1.44. The third-order valence-corrected chi connectivity index (χ3v) is 8.56. The van der Waals surface area contributed by atoms with Crippen molar-refractivity contribution in [1.29, 1.82) is 0 Å². The van der Waals surface area contributed by atoms with Crippen LogP contribution < -0.4 is 0 Å². The number of thiophene rings is 1. The van der Waals surface area contributed by atoms with E-state index in [4.69, 9.17) is 0 Å². The summed E-state index contributed by atoms with van der Waals surface area (Å²) in [5, 5.41) is 0.964. The van der Waals surface area contributed by atoms with Crippen molar-refractivity contribution in [1.82, 2.24) is 9.21 Å². The van der Waals surface area contributed by atoms with Crippen molar-refractivity contribution in [2.75, 3.05) is 19.6 Å². The van der Waals surface area contributed by atoms with Crippen molar-refractivity contribution in [3.05, 3.63) is 30.3 Å². The maximum atomic E-state index is 13.2. The lowest BCUT2D eigenvalue weighted by Gasteiger charge is -2.34. The summed E-state index contributed by atoms with van der Waals surface area (Å²) < 4.78 is 29.5. The molecule has 0 spiro atoms. The number of amides is 1. The van der Waals surface area contributed by atoms with Crippen molar-refractivity contribution in [2.24, 2.45) is 5.92 Å². The standard InChI is InChI=1S/C17H20N2O3S2/c1-12(20)18-9-13-6-7-15(11-18)19(10-13)24(21,22)17-8-14-4-2-3-5-16(14)23-17/h2-5,8,13,15H,6-7,9-11H2,1H3/t13-,15+/m0/s1. The molecule has 3 aliphatic heterocycles. The third-order valence-electron chi connectivity index (χ3n) is 5.07. The molecule has 2 bridgehead atoms. The van der Waals surface area contributed by atoms with Gasteiger partial charge in [0.1, 0.15) is 4.21 Å². The minimum Gasteiger partial charge on any atom is -0.341 e. The normalized spacial score (nSPS) is 25.1. The summed E-state index contributed by atoms with van der Waals surface area (Å²) in [7, 11) is -3.51. The quantitative estimate of drug-likeness (QED) is 0.823. The smallest absolute Gasteiger partial charge is 0.252 e. The number of rotatable bonds is 2. The molecule has 3 saturated heterocycles. The summed E-state index contributed by atoms with van der Waals surface area (Å²) in [6.07, 6.45) is 1.82. The summed E-state index contributed by atoms with van der Waals surface area (Å²) >= 11 is 1.33. The first-order valence-electron chi connectivity index (χ1n) is 8.21. The lowest BCUT2D eigenvalue weighted by atomic mass is 9.97. The molecule has 3 aliphatic rings. The number of carbonyl (C=O) groups excluding carboxylic acids is 1. The number of fused-ring (bicyclic) bond motifs is 5. The van der Waals surface area contributed by atoms with Gasteiger partial charge in [-0.25, -0.2) is 8.42 Å². The van der Waals surface area contributed by atoms with Crippen molar-refractivity contribution in [3.63, 3.8) is 0 Å². The number of piperidine rings is 1. The van der Waals surface area contributed by atoms with Gasteiger partial charge in [-0.2, -0.15) is 4.31 Å². The van der Waals surface area contributed by atoms with Gasteiger partial charge < -0.3 is 4.90 Å². The van der Waals surface area contributed by atoms with Gasteiger partial charge in [-0.1, -0.05) is 18.2 Å². The van der Waals surface area contributed by atoms with E-state index in [1.54, 1.807) is 17.3 Å². The Kier molecular flexibility index (Phi) is 3.89. The largest absolute Gasteiger partial charge is 0.341 e. The zero-order valence-corrected chi connectivity index (χ0v) is 15.1. The van der Waals surface area contributed by atoms with Crippen molar-refractivity contribution >= 4 is 37.4 Å². The lowest BCUT2D eigenvalue weighted by molar-refractivity contribution is -0.129. The third kappa shape index (κ3) is 2.64. The average Bonchev–Trinajstić information content (AvgIpc) is 2.78. The van der Waals surface area contributed by atoms with E-state index >= 15 is 0 Å². The van der Waals surface area contributed by atoms with Crippen LogP contribution in [0.2, 0.25) is 0 Å². The highest BCUT2D eigenvalue weighted by Crippen LogP contribution is 2.36. The second kappa shape index (κ2) is 5.82. The number of benzene rings is 1. The summed E-state index contributed by atoms with van der Waals surface area (Å²) in [6, 6.07) is 9.40. The first kappa shape index (κ1) is 16.1. The average molecular weight is 364 g/mol. The molecule has 7 heteroatoms. The van der Waals surface area contributed by atoms with Crippen molar-refractivity contribution < 1.29 is 13.2 Å². The van der Waals surface area contributed by atoms with Gasteiger partial charge in [0.15, 0.2) is 0 Å². The maximum absolute atomic E-state index is 13.2. The monoisotopic (exact) mass is 364 g/mol. The van der Waals surface area contributed by atoms with Gasteiger partial charge in [0.2, 0.25) is 5.91 Å². The van der Waals surface area contributed by atoms with Crippen LogP contribution in [0.5, 0.6) is 0 Å². The molecule has 0 unspecified atom stereocenters. The van der Waals surface area contributed by atoms with Gasteiger partial charge in [0.25, 0.3) is 10.0 Å². The molecular formula is C17H20N2O3S2. The predicted octanol–water partition coefficient (Wildman–Crippen LogP) is 2.53. The highest BCUT2D eigenvalue weighted by molar-refractivity contribution is 7.91. The van der Waals surface area contributed by atoms with Gasteiger partial charge >= 0.3 is 0 Å². The van der Waals surface area contributed by atoms with Gasteiger partial charge in [-0.3, -0.25) is 4.79 Å². The molecule has 0 N–H and O–H groups in total. The Morgan fingerprint density at radius 3 is 2.71 bits per heavy atom. The van der Waals surface area contributed by atoms with Gasteiger partial charge in [0.05, 0.1) is 0 Å². The molecule has 2 aromatic rings. The second-order valence-electron chi connectivity index (χ2n) is 6.70. The molecule has 5 nitrogen and oxygen atoms in total. The molecule has 0 aliphatic carbocycles. The van der Waals surface area contributed by atoms with E-state index in [9.17, 15) is 13.2 Å². The van der Waals surface area contributed by atoms with Crippen LogP contribution in [0, 0.1) is 5.92 Å². The van der Waals surface area contributed by atoms with Gasteiger partial charge in [-0.05, 0) is 36.3 Å². The lowest BCUT2D eigenvalue weighted by Crippen LogP contribution is -2.47.